The highest BCUT2D eigenvalue weighted by Gasteiger charge is 2.06. The van der Waals surface area contributed by atoms with Gasteiger partial charge in [-0.25, -0.2) is 0 Å². The number of hydrogen-bond donors (Lipinski definition) is 0. The van der Waals surface area contributed by atoms with Gasteiger partial charge < -0.3 is 9.30 Å². The fraction of sp³-hybridized carbons (Fsp3) is 0.500. The summed E-state index contributed by atoms with van der Waals surface area (Å²) in [4.78, 5) is 10.8. The quantitative estimate of drug-likeness (QED) is 0.503. The lowest BCUT2D eigenvalue weighted by Crippen LogP contribution is -2.12. The van der Waals surface area contributed by atoms with E-state index in [0.29, 0.717) is 5.82 Å². The van der Waals surface area contributed by atoms with E-state index in [4.69, 9.17) is 11.6 Å². The van der Waals surface area contributed by atoms with Crippen LogP contribution >= 0.6 is 11.6 Å². The Bertz CT molecular complexity index is 274. The second-order valence-electron chi connectivity index (χ2n) is 2.08. The maximum absolute atomic E-state index is 10.8. The molecule has 0 aliphatic heterocycles. The van der Waals surface area contributed by atoms with Gasteiger partial charge in [-0.2, -0.15) is 0 Å². The van der Waals surface area contributed by atoms with Crippen LogP contribution in [0.3, 0.4) is 0 Å². The van der Waals surface area contributed by atoms with Crippen molar-refractivity contribution in [2.24, 2.45) is 0 Å². The Hall–Kier alpha value is -1.10. The van der Waals surface area contributed by atoms with Gasteiger partial charge in [-0.15, -0.1) is 21.8 Å². The first-order valence-corrected chi connectivity index (χ1v) is 3.81. The summed E-state index contributed by atoms with van der Waals surface area (Å²) in [5.41, 5.74) is 0. The van der Waals surface area contributed by atoms with E-state index in [0.717, 1.165) is 0 Å². The van der Waals surface area contributed by atoms with Crippen LogP contribution in [0.4, 0.5) is 0 Å². The smallest absolute Gasteiger partial charge is 0.325 e. The number of hydrogen-bond acceptors (Lipinski definition) is 4. The van der Waals surface area contributed by atoms with Crippen molar-refractivity contribution in [1.29, 1.82) is 0 Å². The van der Waals surface area contributed by atoms with Crippen LogP contribution in [0, 0.1) is 0 Å². The van der Waals surface area contributed by atoms with Crippen molar-refractivity contribution in [3.05, 3.63) is 12.2 Å². The predicted molar refractivity (Wildman–Crippen MR) is 41.6 cm³/mol. The molecule has 12 heavy (non-hydrogen) atoms. The van der Waals surface area contributed by atoms with Crippen LogP contribution in [0.15, 0.2) is 6.33 Å². The van der Waals surface area contributed by atoms with E-state index in [1.54, 1.807) is 4.57 Å². The van der Waals surface area contributed by atoms with Gasteiger partial charge >= 0.3 is 5.97 Å². The van der Waals surface area contributed by atoms with Gasteiger partial charge in [-0.1, -0.05) is 0 Å². The number of ether oxygens (including phenoxy) is 1. The van der Waals surface area contributed by atoms with Gasteiger partial charge in [0.25, 0.3) is 0 Å². The monoisotopic (exact) mass is 189 g/mol. The van der Waals surface area contributed by atoms with Crippen molar-refractivity contribution in [2.45, 2.75) is 12.4 Å². The zero-order valence-corrected chi connectivity index (χ0v) is 7.28. The number of carbonyl (C=O) groups excluding carboxylic acids is 1. The van der Waals surface area contributed by atoms with Gasteiger partial charge in [0.05, 0.1) is 13.0 Å². The third-order valence-electron chi connectivity index (χ3n) is 1.34. The van der Waals surface area contributed by atoms with E-state index in [1.807, 2.05) is 0 Å². The highest BCUT2D eigenvalue weighted by atomic mass is 35.5. The minimum atomic E-state index is -0.346. The topological polar surface area (TPSA) is 57.0 Å². The highest BCUT2D eigenvalue weighted by Crippen LogP contribution is 1.99. The highest BCUT2D eigenvalue weighted by molar-refractivity contribution is 6.16. The molecule has 0 N–H and O–H groups in total. The zero-order chi connectivity index (χ0) is 8.97. The average molecular weight is 190 g/mol. The Balaban J connectivity index is 2.68. The minimum absolute atomic E-state index is 0.103. The largest absolute Gasteiger partial charge is 0.468 e. The van der Waals surface area contributed by atoms with Crippen LogP contribution < -0.4 is 0 Å². The number of esters is 1. The van der Waals surface area contributed by atoms with Crippen LogP contribution in [0.5, 0.6) is 0 Å². The molecular formula is C6H8ClN3O2. The number of nitrogens with zero attached hydrogens (tertiary/aromatic N) is 3. The molecule has 1 heterocycles. The number of methoxy groups -OCH3 is 1. The normalized spacial score (nSPS) is 9.83. The number of rotatable bonds is 3. The first kappa shape index (κ1) is 8.99. The molecule has 0 fully saturated rings. The summed E-state index contributed by atoms with van der Waals surface area (Å²) in [6, 6.07) is 0. The van der Waals surface area contributed by atoms with Gasteiger partial charge in [0.1, 0.15) is 18.7 Å². The van der Waals surface area contributed by atoms with Crippen molar-refractivity contribution < 1.29 is 9.53 Å². The average Bonchev–Trinajstić information content (AvgIpc) is 2.51. The van der Waals surface area contributed by atoms with Crippen molar-refractivity contribution >= 4 is 17.6 Å². The fourth-order valence-corrected chi connectivity index (χ4v) is 0.925. The molecule has 0 radical (unpaired) electrons. The summed E-state index contributed by atoms with van der Waals surface area (Å²) in [5.74, 6) is 0.444. The van der Waals surface area contributed by atoms with Crippen molar-refractivity contribution in [2.75, 3.05) is 7.11 Å². The molecule has 0 aliphatic rings. The second-order valence-corrected chi connectivity index (χ2v) is 2.35. The lowest BCUT2D eigenvalue weighted by Gasteiger charge is -2.01. The molecule has 0 spiro atoms. The summed E-state index contributed by atoms with van der Waals surface area (Å²) in [5, 5.41) is 7.30. The van der Waals surface area contributed by atoms with E-state index in [9.17, 15) is 4.79 Å². The summed E-state index contributed by atoms with van der Waals surface area (Å²) >= 11 is 5.52. The molecule has 1 aromatic heterocycles. The number of aromatic nitrogens is 3. The summed E-state index contributed by atoms with van der Waals surface area (Å²) < 4.78 is 6.01. The number of halogens is 1. The van der Waals surface area contributed by atoms with Gasteiger partial charge in [0, 0.05) is 0 Å². The van der Waals surface area contributed by atoms with E-state index in [1.165, 1.54) is 13.4 Å². The van der Waals surface area contributed by atoms with Gasteiger partial charge in [0.2, 0.25) is 0 Å². The molecule has 0 amide bonds. The summed E-state index contributed by atoms with van der Waals surface area (Å²) in [6.45, 7) is 0.103. The second kappa shape index (κ2) is 4.06. The van der Waals surface area contributed by atoms with Crippen LogP contribution in [0.1, 0.15) is 5.82 Å². The number of carbonyl (C=O) groups is 1. The predicted octanol–water partition coefficient (Wildman–Crippen LogP) is 0.190. The molecule has 0 aliphatic carbocycles. The molecule has 0 saturated heterocycles. The molecule has 0 saturated carbocycles. The van der Waals surface area contributed by atoms with Crippen LogP contribution in [0.2, 0.25) is 0 Å². The SMILES string of the molecule is COC(=O)Cn1cnnc1CCl. The first-order chi connectivity index (χ1) is 5.77. The Labute approximate surface area is 74.3 Å². The van der Waals surface area contributed by atoms with E-state index < -0.39 is 0 Å². The molecule has 0 aromatic carbocycles. The third kappa shape index (κ3) is 1.94. The Morgan fingerprint density at radius 2 is 2.58 bits per heavy atom. The standard InChI is InChI=1S/C6H8ClN3O2/c1-12-6(11)3-10-4-8-9-5(10)2-7/h4H,2-3H2,1H3. The lowest BCUT2D eigenvalue weighted by molar-refractivity contribution is -0.141. The first-order valence-electron chi connectivity index (χ1n) is 3.27. The summed E-state index contributed by atoms with van der Waals surface area (Å²) in [7, 11) is 1.33. The summed E-state index contributed by atoms with van der Waals surface area (Å²) in [6.07, 6.45) is 1.44. The fourth-order valence-electron chi connectivity index (χ4n) is 0.718. The van der Waals surface area contributed by atoms with Crippen molar-refractivity contribution in [3.63, 3.8) is 0 Å². The van der Waals surface area contributed by atoms with Gasteiger partial charge in [-0.05, 0) is 0 Å². The van der Waals surface area contributed by atoms with E-state index in [-0.39, 0.29) is 18.4 Å². The third-order valence-corrected chi connectivity index (χ3v) is 1.58. The molecule has 1 aromatic rings. The van der Waals surface area contributed by atoms with Crippen LogP contribution in [-0.4, -0.2) is 27.8 Å². The van der Waals surface area contributed by atoms with Crippen LogP contribution in [-0.2, 0) is 22.0 Å². The molecule has 1 rings (SSSR count). The molecule has 0 atom stereocenters. The Morgan fingerprint density at radius 1 is 1.83 bits per heavy atom. The minimum Gasteiger partial charge on any atom is -0.468 e. The molecule has 66 valence electrons. The Morgan fingerprint density at radius 3 is 3.17 bits per heavy atom. The van der Waals surface area contributed by atoms with E-state index >= 15 is 0 Å². The van der Waals surface area contributed by atoms with Crippen molar-refractivity contribution in [1.82, 2.24) is 14.8 Å². The van der Waals surface area contributed by atoms with Gasteiger partial charge in [-0.3, -0.25) is 4.79 Å². The Kier molecular flexibility index (Phi) is 3.04. The zero-order valence-electron chi connectivity index (χ0n) is 6.53. The van der Waals surface area contributed by atoms with Crippen LogP contribution in [0.25, 0.3) is 0 Å². The maximum Gasteiger partial charge on any atom is 0.325 e. The molecule has 0 bridgehead atoms. The van der Waals surface area contributed by atoms with Crippen molar-refractivity contribution in [3.8, 4) is 0 Å². The maximum atomic E-state index is 10.8. The number of alkyl halides is 1. The lowest BCUT2D eigenvalue weighted by atomic mass is 10.6. The molecular weight excluding hydrogens is 182 g/mol. The van der Waals surface area contributed by atoms with E-state index in [2.05, 4.69) is 14.9 Å². The van der Waals surface area contributed by atoms with Gasteiger partial charge in [0.15, 0.2) is 0 Å². The molecule has 6 heteroatoms. The molecule has 0 unspecified atom stereocenters. The molecule has 5 nitrogen and oxygen atoms in total.